The Morgan fingerprint density at radius 3 is 1.57 bits per heavy atom. The predicted octanol–water partition coefficient (Wildman–Crippen LogP) is 7.20. The Bertz CT molecular complexity index is 1210. The van der Waals surface area contributed by atoms with Crippen molar-refractivity contribution in [3.05, 3.63) is 82.9 Å². The molecule has 0 spiro atoms. The molecule has 4 heteroatoms. The monoisotopic (exact) mass is 428 g/mol. The average molecular weight is 429 g/mol. The zero-order chi connectivity index (χ0) is 20.2. The van der Waals surface area contributed by atoms with E-state index in [1.807, 2.05) is 12.2 Å². The molecule has 0 bridgehead atoms. The van der Waals surface area contributed by atoms with Gasteiger partial charge in [-0.2, -0.15) is 0 Å². The third kappa shape index (κ3) is 2.99. The Morgan fingerprint density at radius 1 is 0.633 bits per heavy atom. The molecule has 0 fully saturated rings. The van der Waals surface area contributed by atoms with Crippen LogP contribution in [-0.4, -0.2) is 10.2 Å². The summed E-state index contributed by atoms with van der Waals surface area (Å²) in [5, 5.41) is 20.7. The van der Waals surface area contributed by atoms with Crippen molar-refractivity contribution >= 4 is 44.2 Å². The van der Waals surface area contributed by atoms with E-state index in [0.717, 1.165) is 22.3 Å². The van der Waals surface area contributed by atoms with Crippen molar-refractivity contribution < 1.29 is 10.2 Å². The van der Waals surface area contributed by atoms with Crippen LogP contribution in [0.5, 0.6) is 0 Å². The molecule has 0 radical (unpaired) electrons. The van der Waals surface area contributed by atoms with Gasteiger partial charge in [0.15, 0.2) is 0 Å². The maximum Gasteiger partial charge on any atom is 0.0830 e. The van der Waals surface area contributed by atoms with Crippen molar-refractivity contribution in [3.63, 3.8) is 0 Å². The SMILES string of the molecule is OC1CC=Cc2ccc(-c3cc4sc(-c5ccc6c(c5)C(O)CC=C6)cc4s3)cc21. The first-order chi connectivity index (χ1) is 14.7. The first-order valence-electron chi connectivity index (χ1n) is 10.2. The number of thiophene rings is 2. The van der Waals surface area contributed by atoms with E-state index in [4.69, 9.17) is 0 Å². The number of fused-ring (bicyclic) bond motifs is 3. The van der Waals surface area contributed by atoms with Crippen LogP contribution < -0.4 is 0 Å². The second-order valence-corrected chi connectivity index (χ2v) is 10.1. The predicted molar refractivity (Wildman–Crippen MR) is 128 cm³/mol. The van der Waals surface area contributed by atoms with Crippen LogP contribution >= 0.6 is 22.7 Å². The molecule has 0 saturated heterocycles. The van der Waals surface area contributed by atoms with Crippen LogP contribution in [0.2, 0.25) is 0 Å². The van der Waals surface area contributed by atoms with E-state index in [9.17, 15) is 10.2 Å². The highest BCUT2D eigenvalue weighted by Crippen LogP contribution is 2.43. The van der Waals surface area contributed by atoms with Crippen LogP contribution in [0, 0.1) is 0 Å². The highest BCUT2D eigenvalue weighted by atomic mass is 32.1. The van der Waals surface area contributed by atoms with Gasteiger partial charge < -0.3 is 10.2 Å². The van der Waals surface area contributed by atoms with Gasteiger partial charge in [0.25, 0.3) is 0 Å². The topological polar surface area (TPSA) is 40.5 Å². The summed E-state index contributed by atoms with van der Waals surface area (Å²) in [5.74, 6) is 0. The molecule has 2 heterocycles. The van der Waals surface area contributed by atoms with Crippen LogP contribution in [0.3, 0.4) is 0 Å². The van der Waals surface area contributed by atoms with E-state index >= 15 is 0 Å². The molecule has 4 aromatic rings. The second-order valence-electron chi connectivity index (χ2n) is 7.94. The zero-order valence-electron chi connectivity index (χ0n) is 16.2. The molecule has 2 nitrogen and oxygen atoms in total. The quantitative estimate of drug-likeness (QED) is 0.354. The highest BCUT2D eigenvalue weighted by molar-refractivity contribution is 7.31. The van der Waals surface area contributed by atoms with Crippen molar-refractivity contribution in [2.75, 3.05) is 0 Å². The Kier molecular flexibility index (Phi) is 4.29. The third-order valence-electron chi connectivity index (χ3n) is 5.98. The molecular formula is C26H20O2S2. The first kappa shape index (κ1) is 18.3. The lowest BCUT2D eigenvalue weighted by Crippen LogP contribution is -2.02. The van der Waals surface area contributed by atoms with E-state index in [-0.39, 0.29) is 0 Å². The molecule has 0 aliphatic heterocycles. The molecule has 0 amide bonds. The van der Waals surface area contributed by atoms with Crippen molar-refractivity contribution in [1.82, 2.24) is 0 Å². The van der Waals surface area contributed by atoms with E-state index < -0.39 is 12.2 Å². The number of hydrogen-bond acceptors (Lipinski definition) is 4. The normalized spacial score (nSPS) is 19.8. The third-order valence-corrected chi connectivity index (χ3v) is 8.37. The fraction of sp³-hybridized carbons (Fsp3) is 0.154. The Balaban J connectivity index is 1.36. The Hall–Kier alpha value is -2.50. The second kappa shape index (κ2) is 7.03. The van der Waals surface area contributed by atoms with Gasteiger partial charge in [-0.15, -0.1) is 22.7 Å². The summed E-state index contributed by atoms with van der Waals surface area (Å²) in [6.45, 7) is 0. The molecule has 6 rings (SSSR count). The molecule has 0 saturated carbocycles. The van der Waals surface area contributed by atoms with Crippen molar-refractivity contribution in [2.24, 2.45) is 0 Å². The highest BCUT2D eigenvalue weighted by Gasteiger charge is 2.18. The first-order valence-corrected chi connectivity index (χ1v) is 11.8. The van der Waals surface area contributed by atoms with Crippen molar-refractivity contribution in [2.45, 2.75) is 25.0 Å². The number of aliphatic hydroxyl groups is 2. The van der Waals surface area contributed by atoms with E-state index in [1.54, 1.807) is 22.7 Å². The van der Waals surface area contributed by atoms with Gasteiger partial charge in [0, 0.05) is 19.2 Å². The minimum Gasteiger partial charge on any atom is -0.388 e. The van der Waals surface area contributed by atoms with E-state index in [1.165, 1.54) is 30.3 Å². The molecule has 30 heavy (non-hydrogen) atoms. The van der Waals surface area contributed by atoms with Crippen LogP contribution in [0.25, 0.3) is 42.4 Å². The van der Waals surface area contributed by atoms with Gasteiger partial charge in [0.1, 0.15) is 0 Å². The van der Waals surface area contributed by atoms with Gasteiger partial charge in [-0.05, 0) is 70.5 Å². The molecule has 2 aliphatic carbocycles. The average Bonchev–Trinajstić information content (AvgIpc) is 3.33. The molecule has 2 atom stereocenters. The number of benzene rings is 2. The molecule has 2 unspecified atom stereocenters. The maximum atomic E-state index is 10.3. The summed E-state index contributed by atoms with van der Waals surface area (Å²) in [7, 11) is 0. The summed E-state index contributed by atoms with van der Waals surface area (Å²) in [6, 6.07) is 17.3. The zero-order valence-corrected chi connectivity index (χ0v) is 17.8. The Labute approximate surface area is 183 Å². The summed E-state index contributed by atoms with van der Waals surface area (Å²) in [4.78, 5) is 2.47. The van der Waals surface area contributed by atoms with E-state index in [0.29, 0.717) is 12.8 Å². The fourth-order valence-corrected chi connectivity index (χ4v) is 6.75. The molecule has 148 valence electrons. The lowest BCUT2D eigenvalue weighted by atomic mass is 9.93. The molecular weight excluding hydrogens is 408 g/mol. The van der Waals surface area contributed by atoms with Crippen molar-refractivity contribution in [3.8, 4) is 20.9 Å². The van der Waals surface area contributed by atoms with Crippen LogP contribution in [-0.2, 0) is 0 Å². The summed E-state index contributed by atoms with van der Waals surface area (Å²) < 4.78 is 2.56. The fourth-order valence-electron chi connectivity index (χ4n) is 4.36. The lowest BCUT2D eigenvalue weighted by Gasteiger charge is -2.17. The van der Waals surface area contributed by atoms with Gasteiger partial charge in [-0.1, -0.05) is 48.6 Å². The minimum absolute atomic E-state index is 0.410. The van der Waals surface area contributed by atoms with Gasteiger partial charge >= 0.3 is 0 Å². The summed E-state index contributed by atoms with van der Waals surface area (Å²) in [6.07, 6.45) is 8.80. The smallest absolute Gasteiger partial charge is 0.0830 e. The van der Waals surface area contributed by atoms with Crippen LogP contribution in [0.4, 0.5) is 0 Å². The lowest BCUT2D eigenvalue weighted by molar-refractivity contribution is 0.180. The molecule has 2 aromatic carbocycles. The van der Waals surface area contributed by atoms with Gasteiger partial charge in [0.05, 0.1) is 12.2 Å². The summed E-state index contributed by atoms with van der Waals surface area (Å²) >= 11 is 3.59. The van der Waals surface area contributed by atoms with Gasteiger partial charge in [-0.3, -0.25) is 0 Å². The standard InChI is InChI=1S/C26H20O2S2/c27-21-5-1-3-15-7-9-17(11-19(15)21)23-13-25-26(29-23)14-24(30-25)18-10-8-16-4-2-6-22(28)20(16)12-18/h1-4,7-14,21-22,27-28H,5-6H2. The molecule has 2 aliphatic rings. The van der Waals surface area contributed by atoms with Crippen LogP contribution in [0.15, 0.2) is 60.7 Å². The largest absolute Gasteiger partial charge is 0.388 e. The van der Waals surface area contributed by atoms with Crippen LogP contribution in [0.1, 0.15) is 47.3 Å². The van der Waals surface area contributed by atoms with Gasteiger partial charge in [0.2, 0.25) is 0 Å². The van der Waals surface area contributed by atoms with Gasteiger partial charge in [-0.25, -0.2) is 0 Å². The molecule has 2 N–H and O–H groups in total. The number of rotatable bonds is 2. The minimum atomic E-state index is -0.410. The number of aliphatic hydroxyl groups excluding tert-OH is 2. The van der Waals surface area contributed by atoms with Crippen molar-refractivity contribution in [1.29, 1.82) is 0 Å². The van der Waals surface area contributed by atoms with E-state index in [2.05, 4.69) is 60.7 Å². The maximum absolute atomic E-state index is 10.3. The molecule has 2 aromatic heterocycles. The Morgan fingerprint density at radius 2 is 1.10 bits per heavy atom. The summed E-state index contributed by atoms with van der Waals surface area (Å²) in [5.41, 5.74) is 6.61. The number of hydrogen-bond donors (Lipinski definition) is 2.